The van der Waals surface area contributed by atoms with Crippen molar-refractivity contribution < 1.29 is 14.7 Å². The quantitative estimate of drug-likeness (QED) is 0.781. The highest BCUT2D eigenvalue weighted by atomic mass is 35.5. The summed E-state index contributed by atoms with van der Waals surface area (Å²) in [5.41, 5.74) is 0.401. The first kappa shape index (κ1) is 15.6. The number of carbonyl (C=O) groups excluding carboxylic acids is 1. The van der Waals surface area contributed by atoms with E-state index in [1.54, 1.807) is 19.1 Å². The molecule has 19 heavy (non-hydrogen) atoms. The average Bonchev–Trinajstić information content (AvgIpc) is 2.30. The van der Waals surface area contributed by atoms with Crippen molar-refractivity contribution in [1.82, 2.24) is 5.32 Å². The Labute approximate surface area is 120 Å². The lowest BCUT2D eigenvalue weighted by Gasteiger charge is -2.12. The normalized spacial score (nSPS) is 11.7. The summed E-state index contributed by atoms with van der Waals surface area (Å²) >= 11 is 11.7. The fourth-order valence-corrected chi connectivity index (χ4v) is 1.73. The maximum absolute atomic E-state index is 11.6. The van der Waals surface area contributed by atoms with E-state index in [4.69, 9.17) is 28.3 Å². The molecular weight excluding hydrogens is 291 g/mol. The lowest BCUT2D eigenvalue weighted by atomic mass is 10.1. The van der Waals surface area contributed by atoms with E-state index >= 15 is 0 Å². The minimum Gasteiger partial charge on any atom is -0.481 e. The first-order chi connectivity index (χ1) is 8.88. The molecule has 0 aliphatic heterocycles. The zero-order chi connectivity index (χ0) is 14.4. The fraction of sp³-hybridized carbons (Fsp3) is 0.333. The van der Waals surface area contributed by atoms with Gasteiger partial charge in [0.25, 0.3) is 0 Å². The van der Waals surface area contributed by atoms with Gasteiger partial charge in [-0.25, -0.2) is 4.79 Å². The van der Waals surface area contributed by atoms with Crippen molar-refractivity contribution >= 4 is 40.9 Å². The molecule has 0 fully saturated rings. The summed E-state index contributed by atoms with van der Waals surface area (Å²) in [6.07, 6.45) is -0.00178. The monoisotopic (exact) mass is 304 g/mol. The van der Waals surface area contributed by atoms with Crippen LogP contribution in [0.15, 0.2) is 18.2 Å². The van der Waals surface area contributed by atoms with Crippen LogP contribution in [0.2, 0.25) is 10.0 Å². The highest BCUT2D eigenvalue weighted by Gasteiger charge is 2.10. The van der Waals surface area contributed by atoms with Gasteiger partial charge in [-0.05, 0) is 24.1 Å². The summed E-state index contributed by atoms with van der Waals surface area (Å²) in [5, 5.41) is 14.5. The number of anilines is 1. The third-order valence-electron chi connectivity index (χ3n) is 2.31. The van der Waals surface area contributed by atoms with Gasteiger partial charge in [0, 0.05) is 18.0 Å². The van der Waals surface area contributed by atoms with Crippen LogP contribution in [0, 0.1) is 5.92 Å². The molecule has 104 valence electrons. The first-order valence-electron chi connectivity index (χ1n) is 5.60. The number of benzene rings is 1. The number of urea groups is 1. The molecule has 0 bridgehead atoms. The Kier molecular flexibility index (Phi) is 5.92. The van der Waals surface area contributed by atoms with Gasteiger partial charge >= 0.3 is 12.0 Å². The van der Waals surface area contributed by atoms with Crippen molar-refractivity contribution in [2.75, 3.05) is 11.9 Å². The Morgan fingerprint density at radius 3 is 2.68 bits per heavy atom. The lowest BCUT2D eigenvalue weighted by Crippen LogP contribution is -2.33. The molecule has 2 amide bonds. The lowest BCUT2D eigenvalue weighted by molar-refractivity contribution is -0.137. The van der Waals surface area contributed by atoms with Gasteiger partial charge < -0.3 is 15.7 Å². The van der Waals surface area contributed by atoms with Crippen LogP contribution in [-0.2, 0) is 4.79 Å². The van der Waals surface area contributed by atoms with Crippen LogP contribution in [0.1, 0.15) is 13.3 Å². The van der Waals surface area contributed by atoms with Gasteiger partial charge in [-0.15, -0.1) is 0 Å². The minimum atomic E-state index is -0.896. The maximum atomic E-state index is 11.6. The smallest absolute Gasteiger partial charge is 0.319 e. The number of halogens is 2. The van der Waals surface area contributed by atoms with E-state index in [0.717, 1.165) is 0 Å². The van der Waals surface area contributed by atoms with Crippen molar-refractivity contribution in [2.45, 2.75) is 13.3 Å². The van der Waals surface area contributed by atoms with Crippen molar-refractivity contribution in [3.05, 3.63) is 28.2 Å². The van der Waals surface area contributed by atoms with Gasteiger partial charge in [-0.3, -0.25) is 4.79 Å². The summed E-state index contributed by atoms with van der Waals surface area (Å²) in [7, 11) is 0. The van der Waals surface area contributed by atoms with Crippen LogP contribution in [0.5, 0.6) is 0 Å². The molecule has 1 atom stereocenters. The molecule has 1 aromatic rings. The molecule has 0 heterocycles. The van der Waals surface area contributed by atoms with Gasteiger partial charge in [0.15, 0.2) is 0 Å². The number of hydrogen-bond donors (Lipinski definition) is 3. The number of hydrogen-bond acceptors (Lipinski definition) is 2. The first-order valence-corrected chi connectivity index (χ1v) is 6.35. The molecule has 3 N–H and O–H groups in total. The third kappa shape index (κ3) is 5.81. The number of carbonyl (C=O) groups is 2. The minimum absolute atomic E-state index is 0.00178. The zero-order valence-corrected chi connectivity index (χ0v) is 11.8. The van der Waals surface area contributed by atoms with Gasteiger partial charge in [0.2, 0.25) is 0 Å². The fourth-order valence-electron chi connectivity index (χ4n) is 1.40. The summed E-state index contributed by atoms with van der Waals surface area (Å²) in [4.78, 5) is 22.1. The van der Waals surface area contributed by atoms with Crippen LogP contribution >= 0.6 is 23.2 Å². The van der Waals surface area contributed by atoms with E-state index in [2.05, 4.69) is 10.6 Å². The topological polar surface area (TPSA) is 78.4 Å². The van der Waals surface area contributed by atoms with E-state index in [9.17, 15) is 9.59 Å². The largest absolute Gasteiger partial charge is 0.481 e. The van der Waals surface area contributed by atoms with Gasteiger partial charge in [0.1, 0.15) is 0 Å². The number of rotatable bonds is 5. The third-order valence-corrected chi connectivity index (χ3v) is 2.88. The number of nitrogens with one attached hydrogen (secondary N) is 2. The zero-order valence-electron chi connectivity index (χ0n) is 10.2. The molecule has 0 aliphatic carbocycles. The van der Waals surface area contributed by atoms with Gasteiger partial charge in [0.05, 0.1) is 10.7 Å². The molecule has 1 aromatic carbocycles. The van der Waals surface area contributed by atoms with Crippen LogP contribution < -0.4 is 10.6 Å². The van der Waals surface area contributed by atoms with E-state index in [-0.39, 0.29) is 18.9 Å². The summed E-state index contributed by atoms with van der Waals surface area (Å²) < 4.78 is 0. The summed E-state index contributed by atoms with van der Waals surface area (Å²) in [6, 6.07) is 4.26. The second-order valence-corrected chi connectivity index (χ2v) is 5.01. The predicted octanol–water partition coefficient (Wildman–Crippen LogP) is 3.23. The van der Waals surface area contributed by atoms with E-state index in [1.807, 2.05) is 0 Å². The van der Waals surface area contributed by atoms with Crippen LogP contribution in [0.4, 0.5) is 10.5 Å². The van der Waals surface area contributed by atoms with Crippen molar-refractivity contribution in [3.8, 4) is 0 Å². The average molecular weight is 305 g/mol. The van der Waals surface area contributed by atoms with Gasteiger partial charge in [-0.1, -0.05) is 30.1 Å². The van der Waals surface area contributed by atoms with Crippen LogP contribution in [0.3, 0.4) is 0 Å². The molecule has 0 aromatic heterocycles. The molecule has 0 radical (unpaired) electrons. The Hall–Kier alpha value is -1.46. The van der Waals surface area contributed by atoms with Crippen molar-refractivity contribution in [2.24, 2.45) is 5.92 Å². The molecule has 1 rings (SSSR count). The second kappa shape index (κ2) is 7.21. The summed E-state index contributed by atoms with van der Waals surface area (Å²) in [5.74, 6) is -1.05. The molecular formula is C12H14Cl2N2O3. The molecule has 7 heteroatoms. The van der Waals surface area contributed by atoms with Crippen molar-refractivity contribution in [3.63, 3.8) is 0 Å². The number of amides is 2. The number of carboxylic acids is 1. The molecule has 0 saturated carbocycles. The molecule has 0 aliphatic rings. The number of carboxylic acid groups (broad SMARTS) is 1. The second-order valence-electron chi connectivity index (χ2n) is 4.16. The van der Waals surface area contributed by atoms with E-state index in [0.29, 0.717) is 15.7 Å². The molecule has 0 saturated heterocycles. The van der Waals surface area contributed by atoms with E-state index in [1.165, 1.54) is 6.07 Å². The highest BCUT2D eigenvalue weighted by molar-refractivity contribution is 6.35. The Balaban J connectivity index is 2.47. The SMILES string of the molecule is CC(CNC(=O)Nc1cc(Cl)ccc1Cl)CC(=O)O. The van der Waals surface area contributed by atoms with Crippen LogP contribution in [-0.4, -0.2) is 23.7 Å². The highest BCUT2D eigenvalue weighted by Crippen LogP contribution is 2.25. The molecule has 0 spiro atoms. The Morgan fingerprint density at radius 2 is 2.05 bits per heavy atom. The predicted molar refractivity (Wildman–Crippen MR) is 74.9 cm³/mol. The number of aliphatic carboxylic acids is 1. The van der Waals surface area contributed by atoms with Crippen molar-refractivity contribution in [1.29, 1.82) is 0 Å². The van der Waals surface area contributed by atoms with E-state index < -0.39 is 12.0 Å². The molecule has 5 nitrogen and oxygen atoms in total. The standard InChI is InChI=1S/C12H14Cl2N2O3/c1-7(4-11(17)18)6-15-12(19)16-10-5-8(13)2-3-9(10)14/h2-3,5,7H,4,6H2,1H3,(H,17,18)(H2,15,16,19). The Morgan fingerprint density at radius 1 is 1.37 bits per heavy atom. The Bertz CT molecular complexity index is 480. The van der Waals surface area contributed by atoms with Crippen LogP contribution in [0.25, 0.3) is 0 Å². The molecule has 1 unspecified atom stereocenters. The maximum Gasteiger partial charge on any atom is 0.319 e. The summed E-state index contributed by atoms with van der Waals surface area (Å²) in [6.45, 7) is 2.00. The van der Waals surface area contributed by atoms with Gasteiger partial charge in [-0.2, -0.15) is 0 Å².